The molecule has 7 aromatic rings. The van der Waals surface area contributed by atoms with Crippen molar-refractivity contribution >= 4 is 70.1 Å². The summed E-state index contributed by atoms with van der Waals surface area (Å²) in [5.41, 5.74) is 4.95. The molecule has 0 aliphatic heterocycles. The highest BCUT2D eigenvalue weighted by Crippen LogP contribution is 2.41. The van der Waals surface area contributed by atoms with Crippen molar-refractivity contribution in [3.63, 3.8) is 0 Å². The molecule has 0 saturated carbocycles. The number of nitrogens with zero attached hydrogens (tertiary/aromatic N) is 1. The Bertz CT molecular complexity index is 1940. The first-order chi connectivity index (χ1) is 18.4. The first-order valence-electron chi connectivity index (χ1n) is 13.2. The smallest absolute Gasteiger partial charge is 0.0468 e. The van der Waals surface area contributed by atoms with E-state index in [-0.39, 0.29) is 5.41 Å². The summed E-state index contributed by atoms with van der Waals surface area (Å²) in [7, 11) is 0. The van der Waals surface area contributed by atoms with Crippen LogP contribution < -0.4 is 4.90 Å². The fraction of sp³-hybridized carbons (Fsp3) is 0.111. The summed E-state index contributed by atoms with van der Waals surface area (Å²) in [6, 6.07) is 44.6. The lowest BCUT2D eigenvalue weighted by Gasteiger charge is -2.27. The van der Waals surface area contributed by atoms with Gasteiger partial charge in [-0.25, -0.2) is 0 Å². The minimum atomic E-state index is 0.126. The lowest BCUT2D eigenvalue weighted by atomic mass is 9.87. The molecule has 0 unspecified atom stereocenters. The number of para-hydroxylation sites is 1. The first-order valence-corrected chi connectivity index (χ1v) is 14.0. The van der Waals surface area contributed by atoms with E-state index in [4.69, 9.17) is 0 Å². The molecule has 0 aliphatic carbocycles. The summed E-state index contributed by atoms with van der Waals surface area (Å²) in [5, 5.41) is 7.82. The zero-order valence-electron chi connectivity index (χ0n) is 21.9. The number of thiophene rings is 1. The van der Waals surface area contributed by atoms with Crippen molar-refractivity contribution in [1.82, 2.24) is 0 Å². The van der Waals surface area contributed by atoms with Gasteiger partial charge in [0.15, 0.2) is 0 Å². The number of hydrogen-bond donors (Lipinski definition) is 0. The number of hydrogen-bond acceptors (Lipinski definition) is 2. The van der Waals surface area contributed by atoms with Crippen LogP contribution in [0.15, 0.2) is 121 Å². The second kappa shape index (κ2) is 8.72. The third-order valence-corrected chi connectivity index (χ3v) is 8.66. The van der Waals surface area contributed by atoms with Crippen molar-refractivity contribution < 1.29 is 0 Å². The number of fused-ring (bicyclic) bond motifs is 5. The zero-order chi connectivity index (χ0) is 25.9. The van der Waals surface area contributed by atoms with Crippen LogP contribution in [0.25, 0.3) is 41.7 Å². The molecule has 7 rings (SSSR count). The van der Waals surface area contributed by atoms with Crippen LogP contribution in [0.1, 0.15) is 26.3 Å². The summed E-state index contributed by atoms with van der Waals surface area (Å²) >= 11 is 1.89. The quantitative estimate of drug-likeness (QED) is 0.230. The number of benzene rings is 6. The monoisotopic (exact) mass is 507 g/mol. The molecule has 0 spiro atoms. The maximum absolute atomic E-state index is 2.37. The molecule has 6 aromatic carbocycles. The van der Waals surface area contributed by atoms with Crippen molar-refractivity contribution in [2.45, 2.75) is 26.2 Å². The van der Waals surface area contributed by atoms with Crippen molar-refractivity contribution in [1.29, 1.82) is 0 Å². The first kappa shape index (κ1) is 23.0. The van der Waals surface area contributed by atoms with Gasteiger partial charge in [-0.3, -0.25) is 0 Å². The molecular weight excluding hydrogens is 478 g/mol. The van der Waals surface area contributed by atoms with E-state index >= 15 is 0 Å². The Morgan fingerprint density at radius 1 is 0.474 bits per heavy atom. The van der Waals surface area contributed by atoms with Crippen LogP contribution >= 0.6 is 11.3 Å². The Morgan fingerprint density at radius 3 is 1.66 bits per heavy atom. The normalized spacial score (nSPS) is 12.1. The van der Waals surface area contributed by atoms with Gasteiger partial charge in [-0.2, -0.15) is 0 Å². The maximum Gasteiger partial charge on any atom is 0.0468 e. The van der Waals surface area contributed by atoms with Gasteiger partial charge < -0.3 is 4.90 Å². The molecule has 1 nitrogen and oxygen atoms in total. The molecular formula is C36H29NS. The van der Waals surface area contributed by atoms with Crippen LogP contribution in [0.2, 0.25) is 0 Å². The molecule has 0 radical (unpaired) electrons. The SMILES string of the molecule is CC(C)(C)c1ccc(N(c2ccccc2)c2ccc3cc4c(cc3c2)sc2cc3ccccc3cc24)cc1. The Labute approximate surface area is 227 Å². The van der Waals surface area contributed by atoms with Crippen LogP contribution in [-0.4, -0.2) is 0 Å². The number of rotatable bonds is 3. The maximum atomic E-state index is 2.37. The second-order valence-electron chi connectivity index (χ2n) is 11.1. The van der Waals surface area contributed by atoms with E-state index in [0.717, 1.165) is 11.4 Å². The highest BCUT2D eigenvalue weighted by molar-refractivity contribution is 7.26. The van der Waals surface area contributed by atoms with Crippen LogP contribution in [0, 0.1) is 0 Å². The van der Waals surface area contributed by atoms with Crippen LogP contribution in [0.3, 0.4) is 0 Å². The molecule has 0 saturated heterocycles. The van der Waals surface area contributed by atoms with E-state index < -0.39 is 0 Å². The molecule has 1 heterocycles. The lowest BCUT2D eigenvalue weighted by molar-refractivity contribution is 0.590. The largest absolute Gasteiger partial charge is 0.310 e. The van der Waals surface area contributed by atoms with Gasteiger partial charge in [0.05, 0.1) is 0 Å². The minimum Gasteiger partial charge on any atom is -0.310 e. The molecule has 38 heavy (non-hydrogen) atoms. The van der Waals surface area contributed by atoms with Crippen LogP contribution in [0.5, 0.6) is 0 Å². The van der Waals surface area contributed by atoms with Gasteiger partial charge >= 0.3 is 0 Å². The second-order valence-corrected chi connectivity index (χ2v) is 12.2. The summed E-state index contributed by atoms with van der Waals surface area (Å²) in [4.78, 5) is 2.35. The number of anilines is 3. The van der Waals surface area contributed by atoms with Gasteiger partial charge in [-0.1, -0.05) is 81.4 Å². The molecule has 184 valence electrons. The predicted octanol–water partition coefficient (Wildman–Crippen LogP) is 11.1. The predicted molar refractivity (Wildman–Crippen MR) is 168 cm³/mol. The van der Waals surface area contributed by atoms with Gasteiger partial charge in [0.1, 0.15) is 0 Å². The van der Waals surface area contributed by atoms with Gasteiger partial charge in [0, 0.05) is 37.2 Å². The summed E-state index contributed by atoms with van der Waals surface area (Å²) < 4.78 is 2.68. The average Bonchev–Trinajstić information content (AvgIpc) is 3.27. The van der Waals surface area contributed by atoms with Crippen molar-refractivity contribution in [2.75, 3.05) is 4.90 Å². The van der Waals surface area contributed by atoms with E-state index in [1.54, 1.807) is 0 Å². The Hall–Kier alpha value is -4.14. The van der Waals surface area contributed by atoms with E-state index in [1.807, 2.05) is 11.3 Å². The summed E-state index contributed by atoms with van der Waals surface area (Å²) in [6.07, 6.45) is 0. The highest BCUT2D eigenvalue weighted by Gasteiger charge is 2.17. The molecule has 0 fully saturated rings. The molecule has 2 heteroatoms. The van der Waals surface area contributed by atoms with Gasteiger partial charge in [-0.15, -0.1) is 11.3 Å². The molecule has 0 atom stereocenters. The third-order valence-electron chi connectivity index (χ3n) is 7.54. The fourth-order valence-corrected chi connectivity index (χ4v) is 6.63. The zero-order valence-corrected chi connectivity index (χ0v) is 22.7. The van der Waals surface area contributed by atoms with Crippen LogP contribution in [0.4, 0.5) is 17.1 Å². The topological polar surface area (TPSA) is 3.24 Å². The van der Waals surface area contributed by atoms with E-state index in [0.29, 0.717) is 0 Å². The van der Waals surface area contributed by atoms with Gasteiger partial charge in [-0.05, 0) is 93.2 Å². The van der Waals surface area contributed by atoms with Crippen LogP contribution in [-0.2, 0) is 5.41 Å². The molecule has 1 aromatic heterocycles. The summed E-state index contributed by atoms with van der Waals surface area (Å²) in [6.45, 7) is 6.78. The Balaban J connectivity index is 1.39. The minimum absolute atomic E-state index is 0.126. The lowest BCUT2D eigenvalue weighted by Crippen LogP contribution is -2.13. The standard InChI is InChI=1S/C36H29NS/c1-36(2,3)28-14-17-30(18-15-28)37(29-11-5-4-6-12-29)31-16-13-26-21-33-32-20-24-9-7-8-10-25(24)22-34(32)38-35(33)23-27(26)19-31/h4-23H,1-3H3. The molecule has 0 N–H and O–H groups in total. The average molecular weight is 508 g/mol. The van der Waals surface area contributed by atoms with E-state index in [1.165, 1.54) is 53.0 Å². The molecule has 0 amide bonds. The Kier molecular flexibility index (Phi) is 5.28. The highest BCUT2D eigenvalue weighted by atomic mass is 32.1. The molecule has 0 aliphatic rings. The van der Waals surface area contributed by atoms with Crippen molar-refractivity contribution in [3.05, 3.63) is 127 Å². The van der Waals surface area contributed by atoms with Gasteiger partial charge in [0.2, 0.25) is 0 Å². The Morgan fingerprint density at radius 2 is 1.00 bits per heavy atom. The van der Waals surface area contributed by atoms with Crippen molar-refractivity contribution in [2.24, 2.45) is 0 Å². The third kappa shape index (κ3) is 3.93. The van der Waals surface area contributed by atoms with E-state index in [9.17, 15) is 0 Å². The summed E-state index contributed by atoms with van der Waals surface area (Å²) in [5.74, 6) is 0. The van der Waals surface area contributed by atoms with E-state index in [2.05, 4.69) is 147 Å². The molecule has 0 bridgehead atoms. The van der Waals surface area contributed by atoms with Gasteiger partial charge in [0.25, 0.3) is 0 Å². The van der Waals surface area contributed by atoms with Crippen molar-refractivity contribution in [3.8, 4) is 0 Å². The fourth-order valence-electron chi connectivity index (χ4n) is 5.47.